The van der Waals surface area contributed by atoms with Gasteiger partial charge in [0.25, 0.3) is 0 Å². The summed E-state index contributed by atoms with van der Waals surface area (Å²) in [5, 5.41) is 0. The van der Waals surface area contributed by atoms with Crippen LogP contribution in [0.1, 0.15) is 21.5 Å². The zero-order valence-electron chi connectivity index (χ0n) is 15.3. The van der Waals surface area contributed by atoms with Crippen molar-refractivity contribution in [1.29, 1.82) is 0 Å². The minimum atomic E-state index is -0.504. The van der Waals surface area contributed by atoms with Gasteiger partial charge in [0.15, 0.2) is 0 Å². The third-order valence-electron chi connectivity index (χ3n) is 4.24. The Morgan fingerprint density at radius 2 is 1.74 bits per heavy atom. The molecule has 0 aliphatic rings. The van der Waals surface area contributed by atoms with Gasteiger partial charge in [-0.25, -0.2) is 4.98 Å². The van der Waals surface area contributed by atoms with Crippen LogP contribution < -0.4 is 10.5 Å². The molecule has 5 nitrogen and oxygen atoms in total. The lowest BCUT2D eigenvalue weighted by Crippen LogP contribution is -2.20. The number of rotatable bonds is 8. The Morgan fingerprint density at radius 1 is 1.00 bits per heavy atom. The summed E-state index contributed by atoms with van der Waals surface area (Å²) in [4.78, 5) is 17.5. The molecule has 0 saturated heterocycles. The molecule has 27 heavy (non-hydrogen) atoms. The van der Waals surface area contributed by atoms with Gasteiger partial charge < -0.3 is 15.4 Å². The summed E-state index contributed by atoms with van der Waals surface area (Å²) in [7, 11) is 2.13. The van der Waals surface area contributed by atoms with Crippen molar-refractivity contribution in [3.8, 4) is 11.6 Å². The lowest BCUT2D eigenvalue weighted by molar-refractivity contribution is 0.1000. The highest BCUT2D eigenvalue weighted by Gasteiger charge is 2.04. The van der Waals surface area contributed by atoms with Crippen molar-refractivity contribution in [1.82, 2.24) is 9.88 Å². The highest BCUT2D eigenvalue weighted by atomic mass is 16.5. The smallest absolute Gasteiger partial charge is 0.250 e. The number of primary amides is 1. The maximum absolute atomic E-state index is 11.1. The first-order valence-electron chi connectivity index (χ1n) is 8.85. The van der Waals surface area contributed by atoms with E-state index in [4.69, 9.17) is 10.5 Å². The van der Waals surface area contributed by atoms with E-state index in [0.717, 1.165) is 19.5 Å². The monoisotopic (exact) mass is 361 g/mol. The number of carbonyl (C=O) groups excluding carboxylic acids is 1. The second kappa shape index (κ2) is 8.96. The molecule has 0 aliphatic heterocycles. The van der Waals surface area contributed by atoms with E-state index in [1.807, 2.05) is 18.2 Å². The number of benzene rings is 2. The molecule has 2 aromatic carbocycles. The maximum Gasteiger partial charge on any atom is 0.250 e. The fraction of sp³-hybridized carbons (Fsp3) is 0.182. The number of hydrogen-bond donors (Lipinski definition) is 1. The van der Waals surface area contributed by atoms with Gasteiger partial charge in [-0.1, -0.05) is 42.5 Å². The summed E-state index contributed by atoms with van der Waals surface area (Å²) < 4.78 is 5.70. The second-order valence-electron chi connectivity index (χ2n) is 6.47. The van der Waals surface area contributed by atoms with Gasteiger partial charge in [-0.15, -0.1) is 0 Å². The van der Waals surface area contributed by atoms with E-state index in [0.29, 0.717) is 17.2 Å². The maximum atomic E-state index is 11.1. The van der Waals surface area contributed by atoms with Crippen molar-refractivity contribution >= 4 is 5.91 Å². The van der Waals surface area contributed by atoms with Gasteiger partial charge in [-0.2, -0.15) is 0 Å². The van der Waals surface area contributed by atoms with Crippen LogP contribution in [0.2, 0.25) is 0 Å². The molecular formula is C22H23N3O2. The summed E-state index contributed by atoms with van der Waals surface area (Å²) in [6.45, 7) is 1.92. The van der Waals surface area contributed by atoms with E-state index >= 15 is 0 Å². The number of ether oxygens (including phenoxy) is 1. The Balaban J connectivity index is 1.50. The third kappa shape index (κ3) is 5.66. The highest BCUT2D eigenvalue weighted by Crippen LogP contribution is 2.20. The first-order chi connectivity index (χ1) is 13.1. The Hall–Kier alpha value is -3.18. The van der Waals surface area contributed by atoms with Crippen molar-refractivity contribution in [2.24, 2.45) is 5.73 Å². The number of hydrogen-bond acceptors (Lipinski definition) is 4. The molecule has 1 heterocycles. The minimum Gasteiger partial charge on any atom is -0.439 e. The minimum absolute atomic E-state index is 0.359. The van der Waals surface area contributed by atoms with Crippen LogP contribution in [0, 0.1) is 0 Å². The normalized spacial score (nSPS) is 10.7. The second-order valence-corrected chi connectivity index (χ2v) is 6.47. The molecule has 5 heteroatoms. The van der Waals surface area contributed by atoms with Crippen molar-refractivity contribution in [2.75, 3.05) is 13.6 Å². The van der Waals surface area contributed by atoms with Gasteiger partial charge >= 0.3 is 0 Å². The molecular weight excluding hydrogens is 338 g/mol. The molecule has 0 spiro atoms. The zero-order chi connectivity index (χ0) is 19.1. The largest absolute Gasteiger partial charge is 0.439 e. The molecule has 0 radical (unpaired) electrons. The van der Waals surface area contributed by atoms with E-state index in [1.54, 1.807) is 12.1 Å². The van der Waals surface area contributed by atoms with Crippen molar-refractivity contribution in [2.45, 2.75) is 13.0 Å². The van der Waals surface area contributed by atoms with Gasteiger partial charge in [0.2, 0.25) is 11.8 Å². The van der Waals surface area contributed by atoms with Gasteiger partial charge in [0.05, 0.1) is 5.56 Å². The third-order valence-corrected chi connectivity index (χ3v) is 4.24. The molecule has 0 aliphatic carbocycles. The molecule has 0 atom stereocenters. The van der Waals surface area contributed by atoms with Crippen LogP contribution in [0.4, 0.5) is 0 Å². The number of nitrogens with two attached hydrogens (primary N) is 1. The predicted molar refractivity (Wildman–Crippen MR) is 106 cm³/mol. The first kappa shape index (κ1) is 18.6. The summed E-state index contributed by atoms with van der Waals surface area (Å²) in [6.07, 6.45) is 2.38. The molecule has 1 amide bonds. The Bertz CT molecular complexity index is 862. The van der Waals surface area contributed by atoms with Gasteiger partial charge in [0.1, 0.15) is 5.75 Å². The average Bonchev–Trinajstić information content (AvgIpc) is 2.69. The van der Waals surface area contributed by atoms with E-state index in [1.165, 1.54) is 17.3 Å². The number of pyridine rings is 1. The summed E-state index contributed by atoms with van der Waals surface area (Å²) >= 11 is 0. The quantitative estimate of drug-likeness (QED) is 0.665. The van der Waals surface area contributed by atoms with Crippen LogP contribution in [-0.2, 0) is 13.0 Å². The number of aromatic nitrogens is 1. The molecule has 138 valence electrons. The Morgan fingerprint density at radius 3 is 2.37 bits per heavy atom. The zero-order valence-corrected chi connectivity index (χ0v) is 15.3. The van der Waals surface area contributed by atoms with Gasteiger partial charge in [0, 0.05) is 25.4 Å². The van der Waals surface area contributed by atoms with Crippen LogP contribution in [0.5, 0.6) is 11.6 Å². The number of amides is 1. The topological polar surface area (TPSA) is 68.5 Å². The molecule has 3 rings (SSSR count). The van der Waals surface area contributed by atoms with Crippen molar-refractivity contribution in [3.05, 3.63) is 89.6 Å². The lowest BCUT2D eigenvalue weighted by Gasteiger charge is -2.16. The molecule has 2 N–H and O–H groups in total. The number of carbonyl (C=O) groups is 1. The van der Waals surface area contributed by atoms with Crippen LogP contribution in [-0.4, -0.2) is 29.4 Å². The van der Waals surface area contributed by atoms with E-state index < -0.39 is 5.91 Å². The number of nitrogens with zero attached hydrogens (tertiary/aromatic N) is 2. The fourth-order valence-corrected chi connectivity index (χ4v) is 2.73. The summed E-state index contributed by atoms with van der Waals surface area (Å²) in [5.74, 6) is 0.627. The fourth-order valence-electron chi connectivity index (χ4n) is 2.73. The molecule has 1 aromatic heterocycles. The predicted octanol–water partition coefficient (Wildman–Crippen LogP) is 3.65. The number of likely N-dealkylation sites (N-methyl/N-ethyl adjacent to an activating group) is 1. The Kier molecular flexibility index (Phi) is 6.18. The molecule has 0 fully saturated rings. The van der Waals surface area contributed by atoms with Crippen LogP contribution in [0.3, 0.4) is 0 Å². The van der Waals surface area contributed by atoms with E-state index in [2.05, 4.69) is 53.3 Å². The van der Waals surface area contributed by atoms with Crippen molar-refractivity contribution < 1.29 is 9.53 Å². The van der Waals surface area contributed by atoms with Gasteiger partial charge in [-0.3, -0.25) is 4.79 Å². The van der Waals surface area contributed by atoms with Crippen LogP contribution in [0.25, 0.3) is 0 Å². The Labute approximate surface area is 159 Å². The molecule has 0 unspecified atom stereocenters. The molecule has 0 saturated carbocycles. The summed E-state index contributed by atoms with van der Waals surface area (Å²) in [6, 6.07) is 21.7. The first-order valence-corrected chi connectivity index (χ1v) is 8.85. The summed E-state index contributed by atoms with van der Waals surface area (Å²) in [5.41, 5.74) is 8.13. The molecule has 3 aromatic rings. The van der Waals surface area contributed by atoms with E-state index in [9.17, 15) is 4.79 Å². The van der Waals surface area contributed by atoms with Crippen molar-refractivity contribution in [3.63, 3.8) is 0 Å². The lowest BCUT2D eigenvalue weighted by atomic mass is 10.1. The highest BCUT2D eigenvalue weighted by molar-refractivity contribution is 5.92. The van der Waals surface area contributed by atoms with E-state index in [-0.39, 0.29) is 0 Å². The SMILES string of the molecule is CN(CCc1ccc(Oc2ccc(C(N)=O)cn2)cc1)Cc1ccccc1. The van der Waals surface area contributed by atoms with Gasteiger partial charge in [-0.05, 0) is 42.8 Å². The standard InChI is InChI=1S/C22H23N3O2/c1-25(16-18-5-3-2-4-6-18)14-13-17-7-10-20(11-8-17)27-21-12-9-19(15-24-21)22(23)26/h2-12,15H,13-14,16H2,1H3,(H2,23,26). The molecule has 0 bridgehead atoms. The van der Waals surface area contributed by atoms with Crippen LogP contribution >= 0.6 is 0 Å². The average molecular weight is 361 g/mol. The van der Waals surface area contributed by atoms with Crippen LogP contribution in [0.15, 0.2) is 72.9 Å².